The molecule has 102 valence electrons. The molecule has 0 heterocycles. The van der Waals surface area contributed by atoms with Crippen LogP contribution in [-0.2, 0) is 0 Å². The van der Waals surface area contributed by atoms with Gasteiger partial charge in [-0.25, -0.2) is 4.39 Å². The van der Waals surface area contributed by atoms with Gasteiger partial charge in [0.15, 0.2) is 0 Å². The lowest BCUT2D eigenvalue weighted by molar-refractivity contribution is 0.0846. The molecule has 0 fully saturated rings. The summed E-state index contributed by atoms with van der Waals surface area (Å²) >= 11 is 0. The van der Waals surface area contributed by atoms with E-state index in [1.807, 2.05) is 0 Å². The summed E-state index contributed by atoms with van der Waals surface area (Å²) in [7, 11) is 0. The van der Waals surface area contributed by atoms with E-state index >= 15 is 0 Å². The first-order valence-electron chi connectivity index (χ1n) is 6.00. The average Bonchev–Trinajstić information content (AvgIpc) is 2.47. The predicted molar refractivity (Wildman–Crippen MR) is 72.5 cm³/mol. The van der Waals surface area contributed by atoms with Crippen LogP contribution in [0.1, 0.15) is 26.3 Å². The van der Waals surface area contributed by atoms with Crippen molar-refractivity contribution in [2.24, 2.45) is 0 Å². The molecule has 0 saturated heterocycles. The maximum Gasteiger partial charge on any atom is 0.270 e. The van der Waals surface area contributed by atoms with Gasteiger partial charge in [-0.05, 0) is 36.8 Å². The quantitative estimate of drug-likeness (QED) is 0.823. The van der Waals surface area contributed by atoms with Gasteiger partial charge in [-0.3, -0.25) is 20.4 Å². The monoisotopic (exact) mass is 272 g/mol. The van der Waals surface area contributed by atoms with Gasteiger partial charge in [0, 0.05) is 11.1 Å². The van der Waals surface area contributed by atoms with Gasteiger partial charge >= 0.3 is 0 Å². The highest BCUT2D eigenvalue weighted by molar-refractivity contribution is 5.99. The van der Waals surface area contributed by atoms with Crippen LogP contribution in [0.5, 0.6) is 0 Å². The number of hydrogen-bond donors (Lipinski definition) is 2. The zero-order chi connectivity index (χ0) is 14.5. The summed E-state index contributed by atoms with van der Waals surface area (Å²) in [5.41, 5.74) is 5.77. The molecule has 0 bridgehead atoms. The van der Waals surface area contributed by atoms with E-state index in [0.717, 1.165) is 6.07 Å². The number of hydrogen-bond acceptors (Lipinski definition) is 2. The highest BCUT2D eigenvalue weighted by Crippen LogP contribution is 2.09. The summed E-state index contributed by atoms with van der Waals surface area (Å²) in [6.45, 7) is 1.69. The van der Waals surface area contributed by atoms with Crippen LogP contribution in [-0.4, -0.2) is 11.8 Å². The molecule has 5 heteroatoms. The van der Waals surface area contributed by atoms with Crippen molar-refractivity contribution in [1.29, 1.82) is 0 Å². The van der Waals surface area contributed by atoms with Crippen molar-refractivity contribution in [3.63, 3.8) is 0 Å². The van der Waals surface area contributed by atoms with Crippen molar-refractivity contribution < 1.29 is 14.0 Å². The molecule has 2 N–H and O–H groups in total. The summed E-state index contributed by atoms with van der Waals surface area (Å²) in [6.07, 6.45) is 0. The number of carbonyl (C=O) groups is 2. The summed E-state index contributed by atoms with van der Waals surface area (Å²) in [4.78, 5) is 23.6. The fourth-order valence-electron chi connectivity index (χ4n) is 1.68. The molecule has 0 radical (unpaired) electrons. The van der Waals surface area contributed by atoms with Crippen LogP contribution in [0.25, 0.3) is 0 Å². The van der Waals surface area contributed by atoms with Gasteiger partial charge in [0.05, 0.1) is 0 Å². The largest absolute Gasteiger partial charge is 0.270 e. The number of carbonyl (C=O) groups excluding carboxylic acids is 2. The lowest BCUT2D eigenvalue weighted by atomic mass is 10.1. The first-order chi connectivity index (χ1) is 9.58. The second kappa shape index (κ2) is 5.97. The third-order valence-corrected chi connectivity index (χ3v) is 2.77. The van der Waals surface area contributed by atoms with Crippen LogP contribution < -0.4 is 10.9 Å². The number of halogens is 1. The van der Waals surface area contributed by atoms with Crippen LogP contribution in [0, 0.1) is 12.7 Å². The maximum absolute atomic E-state index is 13.1. The molecule has 0 spiro atoms. The molecule has 2 rings (SSSR count). The van der Waals surface area contributed by atoms with Crippen molar-refractivity contribution in [1.82, 2.24) is 10.9 Å². The van der Waals surface area contributed by atoms with E-state index in [0.29, 0.717) is 11.1 Å². The fourth-order valence-corrected chi connectivity index (χ4v) is 1.68. The van der Waals surface area contributed by atoms with Gasteiger partial charge in [0.1, 0.15) is 5.82 Å². The first-order valence-corrected chi connectivity index (χ1v) is 6.00. The number of nitrogens with one attached hydrogen (secondary N) is 2. The van der Waals surface area contributed by atoms with Crippen molar-refractivity contribution in [2.75, 3.05) is 0 Å². The van der Waals surface area contributed by atoms with Gasteiger partial charge < -0.3 is 0 Å². The second-order valence-corrected chi connectivity index (χ2v) is 4.23. The Hall–Kier alpha value is -2.69. The van der Waals surface area contributed by atoms with Crippen LogP contribution >= 0.6 is 0 Å². The summed E-state index contributed by atoms with van der Waals surface area (Å²) in [5.74, 6) is -1.51. The Morgan fingerprint density at radius 1 is 0.950 bits per heavy atom. The molecule has 20 heavy (non-hydrogen) atoms. The number of aryl methyl sites for hydroxylation is 1. The van der Waals surface area contributed by atoms with Crippen LogP contribution in [0.15, 0.2) is 48.5 Å². The third kappa shape index (κ3) is 3.20. The topological polar surface area (TPSA) is 58.2 Å². The second-order valence-electron chi connectivity index (χ2n) is 4.23. The van der Waals surface area contributed by atoms with E-state index in [1.54, 1.807) is 37.3 Å². The van der Waals surface area contributed by atoms with E-state index in [2.05, 4.69) is 10.9 Å². The minimum absolute atomic E-state index is 0.179. The highest BCUT2D eigenvalue weighted by atomic mass is 19.1. The number of benzene rings is 2. The molecular weight excluding hydrogens is 259 g/mol. The molecule has 0 aliphatic carbocycles. The molecule has 2 aromatic rings. The minimum Gasteiger partial charge on any atom is -0.267 e. The molecular formula is C15H13FN2O2. The molecule has 2 aromatic carbocycles. The Kier molecular flexibility index (Phi) is 4.10. The minimum atomic E-state index is -0.564. The highest BCUT2D eigenvalue weighted by Gasteiger charge is 2.11. The van der Waals surface area contributed by atoms with E-state index < -0.39 is 17.6 Å². The van der Waals surface area contributed by atoms with E-state index in [4.69, 9.17) is 0 Å². The zero-order valence-electron chi connectivity index (χ0n) is 10.8. The zero-order valence-corrected chi connectivity index (χ0v) is 10.8. The van der Waals surface area contributed by atoms with Crippen molar-refractivity contribution >= 4 is 11.8 Å². The van der Waals surface area contributed by atoms with Gasteiger partial charge in [0.2, 0.25) is 0 Å². The molecule has 0 aliphatic heterocycles. The van der Waals surface area contributed by atoms with E-state index in [-0.39, 0.29) is 5.56 Å². The van der Waals surface area contributed by atoms with Gasteiger partial charge in [-0.2, -0.15) is 0 Å². The number of rotatable bonds is 2. The van der Waals surface area contributed by atoms with Gasteiger partial charge in [-0.15, -0.1) is 0 Å². The Bertz CT molecular complexity index is 642. The Labute approximate surface area is 115 Å². The number of amides is 2. The van der Waals surface area contributed by atoms with Crippen molar-refractivity contribution in [3.05, 3.63) is 71.0 Å². The number of hydrazine groups is 1. The predicted octanol–water partition coefficient (Wildman–Crippen LogP) is 2.21. The third-order valence-electron chi connectivity index (χ3n) is 2.77. The van der Waals surface area contributed by atoms with E-state index in [1.165, 1.54) is 12.1 Å². The molecule has 0 aromatic heterocycles. The van der Waals surface area contributed by atoms with Crippen molar-refractivity contribution in [3.8, 4) is 0 Å². The standard InChI is InChI=1S/C15H13FN2O2/c1-10-7-8-12(16)9-13(10)15(20)18-17-14(19)11-5-3-2-4-6-11/h2-9H,1H3,(H,17,19)(H,18,20). The average molecular weight is 272 g/mol. The molecule has 0 atom stereocenters. The maximum atomic E-state index is 13.1. The smallest absolute Gasteiger partial charge is 0.267 e. The SMILES string of the molecule is Cc1ccc(F)cc1C(=O)NNC(=O)c1ccccc1. The Morgan fingerprint density at radius 2 is 1.60 bits per heavy atom. The normalized spacial score (nSPS) is 9.90. The Morgan fingerprint density at radius 3 is 2.30 bits per heavy atom. The summed E-state index contributed by atoms with van der Waals surface area (Å²) in [5, 5.41) is 0. The summed E-state index contributed by atoms with van der Waals surface area (Å²) in [6, 6.07) is 12.4. The molecule has 0 saturated carbocycles. The molecule has 2 amide bonds. The van der Waals surface area contributed by atoms with E-state index in [9.17, 15) is 14.0 Å². The molecule has 0 aliphatic rings. The van der Waals surface area contributed by atoms with Crippen molar-refractivity contribution in [2.45, 2.75) is 6.92 Å². The van der Waals surface area contributed by atoms with Gasteiger partial charge in [-0.1, -0.05) is 24.3 Å². The van der Waals surface area contributed by atoms with Crippen LogP contribution in [0.2, 0.25) is 0 Å². The lowest BCUT2D eigenvalue weighted by Gasteiger charge is -2.09. The van der Waals surface area contributed by atoms with Gasteiger partial charge in [0.25, 0.3) is 11.8 Å². The summed E-state index contributed by atoms with van der Waals surface area (Å²) < 4.78 is 13.1. The molecule has 4 nitrogen and oxygen atoms in total. The molecule has 0 unspecified atom stereocenters. The first kappa shape index (κ1) is 13.7. The van der Waals surface area contributed by atoms with Crippen LogP contribution in [0.3, 0.4) is 0 Å². The lowest BCUT2D eigenvalue weighted by Crippen LogP contribution is -2.41. The Balaban J connectivity index is 2.02. The van der Waals surface area contributed by atoms with Crippen LogP contribution in [0.4, 0.5) is 4.39 Å². The fraction of sp³-hybridized carbons (Fsp3) is 0.0667.